The van der Waals surface area contributed by atoms with Gasteiger partial charge in [0.1, 0.15) is 6.54 Å². The number of carbonyl (C=O) groups is 3. The van der Waals surface area contributed by atoms with E-state index in [0.717, 1.165) is 44.5 Å². The Balaban J connectivity index is 1.44. The van der Waals surface area contributed by atoms with Crippen LogP contribution in [0.25, 0.3) is 10.9 Å². The fourth-order valence-electron chi connectivity index (χ4n) is 4.13. The minimum atomic E-state index is -0.614. The number of benzene rings is 1. The summed E-state index contributed by atoms with van der Waals surface area (Å²) in [5, 5.41) is 3.43. The third-order valence-corrected chi connectivity index (χ3v) is 5.82. The van der Waals surface area contributed by atoms with Crippen molar-refractivity contribution in [1.29, 1.82) is 0 Å². The smallest absolute Gasteiger partial charge is 0.292 e. The average molecular weight is 412 g/mol. The quantitative estimate of drug-likeness (QED) is 0.540. The van der Waals surface area contributed by atoms with E-state index in [1.54, 1.807) is 10.8 Å². The molecule has 0 aliphatic carbocycles. The summed E-state index contributed by atoms with van der Waals surface area (Å²) in [6.07, 6.45) is 3.71. The molecule has 0 atom stereocenters. The Hall–Kier alpha value is -2.71. The van der Waals surface area contributed by atoms with Gasteiger partial charge in [0.05, 0.1) is 18.8 Å². The Morgan fingerprint density at radius 2 is 1.73 bits per heavy atom. The third-order valence-electron chi connectivity index (χ3n) is 5.82. The number of Topliss-reactive ketones (excluding diaryl/α,β-unsaturated/α-hetero) is 1. The van der Waals surface area contributed by atoms with Gasteiger partial charge in [-0.05, 0) is 18.9 Å². The molecule has 0 unspecified atom stereocenters. The number of nitrogens with one attached hydrogen (secondary N) is 1. The van der Waals surface area contributed by atoms with Gasteiger partial charge in [0.2, 0.25) is 5.91 Å². The second-order valence-electron chi connectivity index (χ2n) is 7.81. The van der Waals surface area contributed by atoms with Crippen molar-refractivity contribution in [3.8, 4) is 0 Å². The van der Waals surface area contributed by atoms with Gasteiger partial charge in [-0.25, -0.2) is 0 Å². The highest BCUT2D eigenvalue weighted by Crippen LogP contribution is 2.22. The third kappa shape index (κ3) is 4.55. The molecular formula is C22H28N4O4. The fraction of sp³-hybridized carbons (Fsp3) is 0.500. The molecule has 0 saturated carbocycles. The van der Waals surface area contributed by atoms with E-state index in [2.05, 4.69) is 10.2 Å². The Labute approximate surface area is 175 Å². The highest BCUT2D eigenvalue weighted by Gasteiger charge is 2.24. The zero-order chi connectivity index (χ0) is 20.9. The number of rotatable bonds is 7. The number of amides is 2. The minimum absolute atomic E-state index is 0.0437. The summed E-state index contributed by atoms with van der Waals surface area (Å²) in [5.74, 6) is -1.14. The number of para-hydroxylation sites is 1. The number of carbonyl (C=O) groups excluding carboxylic acids is 3. The molecular weight excluding hydrogens is 384 g/mol. The van der Waals surface area contributed by atoms with Gasteiger partial charge in [-0.2, -0.15) is 0 Å². The summed E-state index contributed by atoms with van der Waals surface area (Å²) in [7, 11) is 0. The van der Waals surface area contributed by atoms with E-state index in [-0.39, 0.29) is 12.5 Å². The Kier molecular flexibility index (Phi) is 6.44. The second kappa shape index (κ2) is 9.40. The molecule has 0 radical (unpaired) electrons. The van der Waals surface area contributed by atoms with Crippen molar-refractivity contribution in [1.82, 2.24) is 19.7 Å². The molecule has 1 aromatic carbocycles. The van der Waals surface area contributed by atoms with Crippen LogP contribution in [0.5, 0.6) is 0 Å². The molecule has 8 nitrogen and oxygen atoms in total. The number of ether oxygens (including phenoxy) is 1. The van der Waals surface area contributed by atoms with Crippen molar-refractivity contribution in [2.24, 2.45) is 0 Å². The molecule has 160 valence electrons. The summed E-state index contributed by atoms with van der Waals surface area (Å²) >= 11 is 0. The highest BCUT2D eigenvalue weighted by molar-refractivity contribution is 6.45. The zero-order valence-electron chi connectivity index (χ0n) is 17.1. The van der Waals surface area contributed by atoms with E-state index in [9.17, 15) is 14.4 Å². The maximum atomic E-state index is 12.8. The van der Waals surface area contributed by atoms with E-state index in [4.69, 9.17) is 4.74 Å². The van der Waals surface area contributed by atoms with Crippen LogP contribution < -0.4 is 5.32 Å². The molecule has 2 aliphatic heterocycles. The molecule has 2 fully saturated rings. The van der Waals surface area contributed by atoms with Crippen LogP contribution >= 0.6 is 0 Å². The Morgan fingerprint density at radius 1 is 1.00 bits per heavy atom. The second-order valence-corrected chi connectivity index (χ2v) is 7.81. The van der Waals surface area contributed by atoms with Crippen molar-refractivity contribution in [2.75, 3.05) is 52.5 Å². The maximum Gasteiger partial charge on any atom is 0.292 e. The van der Waals surface area contributed by atoms with Crippen molar-refractivity contribution in [3.63, 3.8) is 0 Å². The first-order valence-corrected chi connectivity index (χ1v) is 10.6. The number of morpholine rings is 1. The number of aromatic nitrogens is 1. The first-order valence-electron chi connectivity index (χ1n) is 10.6. The predicted molar refractivity (Wildman–Crippen MR) is 112 cm³/mol. The van der Waals surface area contributed by atoms with Crippen LogP contribution in [0, 0.1) is 0 Å². The van der Waals surface area contributed by atoms with Crippen molar-refractivity contribution < 1.29 is 19.1 Å². The molecule has 0 spiro atoms. The summed E-state index contributed by atoms with van der Waals surface area (Å²) in [4.78, 5) is 42.0. The Morgan fingerprint density at radius 3 is 2.50 bits per heavy atom. The number of likely N-dealkylation sites (tertiary alicyclic amines) is 1. The lowest BCUT2D eigenvalue weighted by Gasteiger charge is -2.26. The van der Waals surface area contributed by atoms with Crippen LogP contribution in [-0.4, -0.2) is 84.4 Å². The maximum absolute atomic E-state index is 12.8. The lowest BCUT2D eigenvalue weighted by Crippen LogP contribution is -2.42. The molecule has 0 bridgehead atoms. The molecule has 2 aliphatic rings. The number of hydrogen-bond acceptors (Lipinski definition) is 5. The summed E-state index contributed by atoms with van der Waals surface area (Å²) in [5.41, 5.74) is 1.12. The lowest BCUT2D eigenvalue weighted by atomic mass is 10.1. The van der Waals surface area contributed by atoms with Gasteiger partial charge < -0.3 is 19.5 Å². The summed E-state index contributed by atoms with van der Waals surface area (Å²) in [6.45, 7) is 5.91. The van der Waals surface area contributed by atoms with Gasteiger partial charge >= 0.3 is 0 Å². The molecule has 2 saturated heterocycles. The van der Waals surface area contributed by atoms with Crippen LogP contribution in [0.4, 0.5) is 0 Å². The van der Waals surface area contributed by atoms with Crippen LogP contribution in [0.3, 0.4) is 0 Å². The molecule has 30 heavy (non-hydrogen) atoms. The van der Waals surface area contributed by atoms with E-state index in [1.165, 1.54) is 0 Å². The molecule has 1 N–H and O–H groups in total. The van der Waals surface area contributed by atoms with Crippen LogP contribution in [0.2, 0.25) is 0 Å². The normalized spacial score (nSPS) is 17.4. The number of nitrogens with zero attached hydrogens (tertiary/aromatic N) is 3. The van der Waals surface area contributed by atoms with Crippen LogP contribution in [0.1, 0.15) is 23.2 Å². The minimum Gasteiger partial charge on any atom is -0.379 e. The molecule has 8 heteroatoms. The first kappa shape index (κ1) is 20.6. The fourth-order valence-corrected chi connectivity index (χ4v) is 4.13. The molecule has 2 amide bonds. The van der Waals surface area contributed by atoms with Crippen molar-refractivity contribution >= 4 is 28.5 Å². The van der Waals surface area contributed by atoms with E-state index in [1.807, 2.05) is 29.2 Å². The monoisotopic (exact) mass is 412 g/mol. The van der Waals surface area contributed by atoms with Gasteiger partial charge in [-0.15, -0.1) is 0 Å². The van der Waals surface area contributed by atoms with Gasteiger partial charge in [0.25, 0.3) is 11.7 Å². The number of fused-ring (bicyclic) bond motifs is 1. The Bertz CT molecular complexity index is 926. The number of hydrogen-bond donors (Lipinski definition) is 1. The van der Waals surface area contributed by atoms with Crippen molar-refractivity contribution in [3.05, 3.63) is 36.0 Å². The topological polar surface area (TPSA) is 83.9 Å². The largest absolute Gasteiger partial charge is 0.379 e. The van der Waals surface area contributed by atoms with Crippen LogP contribution in [0.15, 0.2) is 30.5 Å². The molecule has 4 rings (SSSR count). The van der Waals surface area contributed by atoms with E-state index < -0.39 is 11.7 Å². The first-order chi connectivity index (χ1) is 14.6. The summed E-state index contributed by atoms with van der Waals surface area (Å²) in [6, 6.07) is 7.40. The van der Waals surface area contributed by atoms with Gasteiger partial charge in [0, 0.05) is 56.4 Å². The van der Waals surface area contributed by atoms with E-state index >= 15 is 0 Å². The predicted octanol–water partition coefficient (Wildman–Crippen LogP) is 0.895. The van der Waals surface area contributed by atoms with E-state index in [0.29, 0.717) is 37.3 Å². The van der Waals surface area contributed by atoms with Gasteiger partial charge in [-0.1, -0.05) is 18.2 Å². The van der Waals surface area contributed by atoms with Crippen molar-refractivity contribution in [2.45, 2.75) is 19.4 Å². The average Bonchev–Trinajstić information content (AvgIpc) is 3.43. The van der Waals surface area contributed by atoms with Gasteiger partial charge in [0.15, 0.2) is 0 Å². The number of ketones is 1. The molecule has 3 heterocycles. The summed E-state index contributed by atoms with van der Waals surface area (Å²) < 4.78 is 7.10. The van der Waals surface area contributed by atoms with Gasteiger partial charge in [-0.3, -0.25) is 19.3 Å². The molecule has 1 aromatic heterocycles. The lowest BCUT2D eigenvalue weighted by molar-refractivity contribution is -0.130. The zero-order valence-corrected chi connectivity index (χ0v) is 17.1. The highest BCUT2D eigenvalue weighted by atomic mass is 16.5. The SMILES string of the molecule is O=C(NCCN1CCOCC1)C(=O)c1cn(CC(=O)N2CCCC2)c2ccccc12. The van der Waals surface area contributed by atoms with Crippen LogP contribution in [-0.2, 0) is 20.9 Å². The molecule has 2 aromatic rings. The standard InChI is InChI=1S/C22H28N4O4/c27-20(25-8-3-4-9-25)16-26-15-18(17-5-1-2-6-19(17)26)21(28)22(29)23-7-10-24-11-13-30-14-12-24/h1-2,5-6,15H,3-4,7-14,16H2,(H,23,29).